The van der Waals surface area contributed by atoms with Gasteiger partial charge in [-0.3, -0.25) is 4.79 Å². The molecule has 1 aliphatic heterocycles. The van der Waals surface area contributed by atoms with Crippen LogP contribution < -0.4 is 9.46 Å². The zero-order chi connectivity index (χ0) is 19.3. The summed E-state index contributed by atoms with van der Waals surface area (Å²) < 4.78 is 49.4. The van der Waals surface area contributed by atoms with Crippen LogP contribution in [0.4, 0.5) is 4.39 Å². The smallest absolute Gasteiger partial charge is 0.260 e. The monoisotopic (exact) mass is 389 g/mol. The van der Waals surface area contributed by atoms with Gasteiger partial charge in [-0.2, -0.15) is 0 Å². The van der Waals surface area contributed by atoms with E-state index in [0.717, 1.165) is 12.5 Å². The minimum Gasteiger partial charge on any atom is -0.467 e. The normalized spacial score (nSPS) is 20.8. The first-order valence-electron chi connectivity index (χ1n) is 8.22. The van der Waals surface area contributed by atoms with Gasteiger partial charge < -0.3 is 14.4 Å². The lowest BCUT2D eigenvalue weighted by Crippen LogP contribution is -2.59. The number of hydrogen-bond donors (Lipinski definition) is 1. The van der Waals surface area contributed by atoms with Crippen LogP contribution in [0.2, 0.25) is 0 Å². The number of carbonyl (C=O) groups excluding carboxylic acids is 1. The van der Waals surface area contributed by atoms with Crippen molar-refractivity contribution in [3.05, 3.63) is 23.6 Å². The van der Waals surface area contributed by atoms with Crippen molar-refractivity contribution in [2.45, 2.75) is 31.8 Å². The Bertz CT molecular complexity index is 743. The summed E-state index contributed by atoms with van der Waals surface area (Å²) in [4.78, 5) is 18.0. The van der Waals surface area contributed by atoms with Crippen molar-refractivity contribution in [2.24, 2.45) is 0 Å². The molecule has 26 heavy (non-hydrogen) atoms. The first-order valence-corrected chi connectivity index (χ1v) is 10.1. The van der Waals surface area contributed by atoms with Crippen molar-refractivity contribution < 1.29 is 27.1 Å². The highest BCUT2D eigenvalue weighted by molar-refractivity contribution is 7.88. The van der Waals surface area contributed by atoms with E-state index < -0.39 is 27.9 Å². The summed E-state index contributed by atoms with van der Waals surface area (Å²) in [6.45, 7) is 2.04. The molecular weight excluding hydrogens is 365 g/mol. The number of piperidine rings is 1. The lowest BCUT2D eigenvalue weighted by molar-refractivity contribution is -0.139. The van der Waals surface area contributed by atoms with Crippen LogP contribution in [0.3, 0.4) is 0 Å². The molecule has 2 rings (SSSR count). The second-order valence-electron chi connectivity index (χ2n) is 6.31. The number of carbonyl (C=O) groups is 1. The van der Waals surface area contributed by atoms with Crippen LogP contribution >= 0.6 is 0 Å². The second kappa shape index (κ2) is 8.74. The average molecular weight is 389 g/mol. The number of nitrogens with zero attached hydrogens (tertiary/aromatic N) is 2. The van der Waals surface area contributed by atoms with Gasteiger partial charge in [0.2, 0.25) is 15.9 Å². The number of sulfonamides is 1. The Kier molecular flexibility index (Phi) is 6.90. The van der Waals surface area contributed by atoms with Gasteiger partial charge in [-0.15, -0.1) is 0 Å². The van der Waals surface area contributed by atoms with Crippen molar-refractivity contribution in [3.63, 3.8) is 0 Å². The SMILES string of the molecule is COCC1[C@@H](NS(C)(=O)=O)CCCN1C(=O)COc1ncc(F)cc1C. The summed E-state index contributed by atoms with van der Waals surface area (Å²) in [7, 11) is -1.91. The molecule has 1 amide bonds. The van der Waals surface area contributed by atoms with Crippen LogP contribution in [0.25, 0.3) is 0 Å². The van der Waals surface area contributed by atoms with Gasteiger partial charge in [-0.25, -0.2) is 22.5 Å². The minimum atomic E-state index is -3.41. The second-order valence-corrected chi connectivity index (χ2v) is 8.09. The number of rotatable bonds is 7. The third-order valence-corrected chi connectivity index (χ3v) is 4.86. The number of aryl methyl sites for hydroxylation is 1. The zero-order valence-electron chi connectivity index (χ0n) is 15.1. The summed E-state index contributed by atoms with van der Waals surface area (Å²) in [5, 5.41) is 0. The molecule has 0 radical (unpaired) electrons. The minimum absolute atomic E-state index is 0.186. The van der Waals surface area contributed by atoms with Gasteiger partial charge in [0.25, 0.3) is 5.91 Å². The van der Waals surface area contributed by atoms with Crippen LogP contribution in [-0.2, 0) is 19.6 Å². The number of likely N-dealkylation sites (tertiary alicyclic amines) is 1. The topological polar surface area (TPSA) is 97.8 Å². The van der Waals surface area contributed by atoms with Crippen LogP contribution in [0.5, 0.6) is 5.88 Å². The van der Waals surface area contributed by atoms with E-state index in [4.69, 9.17) is 9.47 Å². The number of halogens is 1. The van der Waals surface area contributed by atoms with E-state index in [1.54, 1.807) is 11.8 Å². The molecule has 1 unspecified atom stereocenters. The fourth-order valence-corrected chi connectivity index (χ4v) is 3.87. The lowest BCUT2D eigenvalue weighted by Gasteiger charge is -2.40. The van der Waals surface area contributed by atoms with Crippen LogP contribution in [0.1, 0.15) is 18.4 Å². The number of aromatic nitrogens is 1. The van der Waals surface area contributed by atoms with E-state index in [0.29, 0.717) is 24.9 Å². The molecule has 1 aromatic rings. The fraction of sp³-hybridized carbons (Fsp3) is 0.625. The maximum Gasteiger partial charge on any atom is 0.260 e. The maximum absolute atomic E-state index is 13.1. The standard InChI is InChI=1S/C16H24FN3O5S/c1-11-7-12(17)8-18-16(11)25-10-15(21)20-6-4-5-13(14(20)9-24-2)19-26(3,22)23/h7-8,13-14,19H,4-6,9-10H2,1-3H3/t13-,14?/m0/s1. The molecule has 146 valence electrons. The Morgan fingerprint density at radius 3 is 2.85 bits per heavy atom. The van der Waals surface area contributed by atoms with Crippen LogP contribution in [0, 0.1) is 12.7 Å². The highest BCUT2D eigenvalue weighted by Crippen LogP contribution is 2.20. The molecule has 10 heteroatoms. The number of nitrogens with one attached hydrogen (secondary N) is 1. The molecule has 1 aliphatic rings. The lowest BCUT2D eigenvalue weighted by atomic mass is 9.97. The van der Waals surface area contributed by atoms with Crippen LogP contribution in [-0.4, -0.2) is 69.4 Å². The molecule has 2 heterocycles. The van der Waals surface area contributed by atoms with Crippen molar-refractivity contribution in [1.82, 2.24) is 14.6 Å². The van der Waals surface area contributed by atoms with Gasteiger partial charge in [0.15, 0.2) is 6.61 Å². The van der Waals surface area contributed by atoms with E-state index in [1.807, 2.05) is 0 Å². The third-order valence-electron chi connectivity index (χ3n) is 4.13. The third kappa shape index (κ3) is 5.61. The predicted octanol–water partition coefficient (Wildman–Crippen LogP) is 0.463. The molecule has 1 fully saturated rings. The van der Waals surface area contributed by atoms with E-state index in [1.165, 1.54) is 13.2 Å². The number of methoxy groups -OCH3 is 1. The highest BCUT2D eigenvalue weighted by Gasteiger charge is 2.35. The summed E-state index contributed by atoms with van der Waals surface area (Å²) in [6.07, 6.45) is 3.38. The molecule has 0 spiro atoms. The first kappa shape index (κ1) is 20.5. The van der Waals surface area contributed by atoms with E-state index in [2.05, 4.69) is 9.71 Å². The Morgan fingerprint density at radius 1 is 1.50 bits per heavy atom. The van der Waals surface area contributed by atoms with Crippen molar-refractivity contribution in [2.75, 3.05) is 33.1 Å². The summed E-state index contributed by atoms with van der Waals surface area (Å²) in [5.74, 6) is -0.601. The fourth-order valence-electron chi connectivity index (χ4n) is 3.05. The molecule has 8 nitrogen and oxygen atoms in total. The van der Waals surface area contributed by atoms with E-state index in [-0.39, 0.29) is 25.0 Å². The van der Waals surface area contributed by atoms with Gasteiger partial charge in [0.05, 0.1) is 25.1 Å². The van der Waals surface area contributed by atoms with E-state index >= 15 is 0 Å². The Balaban J connectivity index is 2.06. The number of pyridine rings is 1. The van der Waals surface area contributed by atoms with Gasteiger partial charge in [-0.05, 0) is 25.8 Å². The largest absolute Gasteiger partial charge is 0.467 e. The Labute approximate surface area is 152 Å². The summed E-state index contributed by atoms with van der Waals surface area (Å²) in [5.41, 5.74) is 0.488. The molecule has 0 bridgehead atoms. The van der Waals surface area contributed by atoms with E-state index in [9.17, 15) is 17.6 Å². The maximum atomic E-state index is 13.1. The zero-order valence-corrected chi connectivity index (χ0v) is 15.9. The molecule has 1 N–H and O–H groups in total. The number of ether oxygens (including phenoxy) is 2. The van der Waals surface area contributed by atoms with Crippen molar-refractivity contribution >= 4 is 15.9 Å². The van der Waals surface area contributed by atoms with Gasteiger partial charge in [0.1, 0.15) is 5.82 Å². The van der Waals surface area contributed by atoms with Gasteiger partial charge >= 0.3 is 0 Å². The van der Waals surface area contributed by atoms with Gasteiger partial charge in [0, 0.05) is 25.3 Å². The summed E-state index contributed by atoms with van der Waals surface area (Å²) >= 11 is 0. The van der Waals surface area contributed by atoms with Gasteiger partial charge in [-0.1, -0.05) is 0 Å². The van der Waals surface area contributed by atoms with Crippen molar-refractivity contribution in [3.8, 4) is 5.88 Å². The molecule has 1 saturated heterocycles. The predicted molar refractivity (Wildman–Crippen MR) is 92.8 cm³/mol. The molecule has 2 atom stereocenters. The molecule has 0 saturated carbocycles. The molecule has 0 aliphatic carbocycles. The quantitative estimate of drug-likeness (QED) is 0.728. The molecule has 0 aromatic carbocycles. The number of hydrogen-bond acceptors (Lipinski definition) is 6. The first-order chi connectivity index (χ1) is 12.2. The number of amides is 1. The van der Waals surface area contributed by atoms with Crippen LogP contribution in [0.15, 0.2) is 12.3 Å². The molecule has 1 aromatic heterocycles. The molecular formula is C16H24FN3O5S. The average Bonchev–Trinajstić information content (AvgIpc) is 2.54. The Hall–Kier alpha value is -1.78. The van der Waals surface area contributed by atoms with Crippen molar-refractivity contribution in [1.29, 1.82) is 0 Å². The highest BCUT2D eigenvalue weighted by atomic mass is 32.2. The Morgan fingerprint density at radius 2 is 2.23 bits per heavy atom. The summed E-state index contributed by atoms with van der Waals surface area (Å²) in [6, 6.07) is 0.420.